The van der Waals surface area contributed by atoms with Crippen molar-refractivity contribution in [1.82, 2.24) is 0 Å². The third-order valence-electron chi connectivity index (χ3n) is 4.04. The van der Waals surface area contributed by atoms with E-state index in [0.29, 0.717) is 29.8 Å². The summed E-state index contributed by atoms with van der Waals surface area (Å²) >= 11 is 3.37. The Morgan fingerprint density at radius 1 is 0.958 bits per heavy atom. The number of carbonyl (C=O) groups is 2. The fourth-order valence-corrected chi connectivity index (χ4v) is 2.80. The zero-order valence-electron chi connectivity index (χ0n) is 12.7. The quantitative estimate of drug-likeness (QED) is 0.789. The molecule has 0 aromatic heterocycles. The van der Waals surface area contributed by atoms with Gasteiger partial charge in [0, 0.05) is 4.47 Å². The molecule has 1 aliphatic rings. The maximum atomic E-state index is 12.6. The van der Waals surface area contributed by atoms with E-state index in [1.54, 1.807) is 30.3 Å². The fraction of sp³-hybridized carbons (Fsp3) is 0.167. The van der Waals surface area contributed by atoms with Crippen molar-refractivity contribution in [1.29, 1.82) is 5.26 Å². The third-order valence-corrected chi connectivity index (χ3v) is 4.73. The molecule has 1 fully saturated rings. The Hall–Kier alpha value is -2.65. The number of hydrogen-bond donors (Lipinski definition) is 2. The van der Waals surface area contributed by atoms with E-state index in [2.05, 4.69) is 26.6 Å². The first kappa shape index (κ1) is 16.2. The van der Waals surface area contributed by atoms with Gasteiger partial charge in [0.15, 0.2) is 0 Å². The van der Waals surface area contributed by atoms with Crippen molar-refractivity contribution in [2.24, 2.45) is 5.41 Å². The lowest BCUT2D eigenvalue weighted by Crippen LogP contribution is -2.35. The number of para-hydroxylation sites is 2. The average Bonchev–Trinajstić information content (AvgIpc) is 3.39. The van der Waals surface area contributed by atoms with E-state index in [1.165, 1.54) is 0 Å². The van der Waals surface area contributed by atoms with Crippen LogP contribution in [0.3, 0.4) is 0 Å². The molecule has 0 saturated heterocycles. The highest BCUT2D eigenvalue weighted by atomic mass is 79.9. The molecule has 2 aromatic rings. The second-order valence-electron chi connectivity index (χ2n) is 5.63. The molecular weight excluding hydrogens is 370 g/mol. The summed E-state index contributed by atoms with van der Waals surface area (Å²) in [5.41, 5.74) is 0.342. The number of amides is 2. The number of anilines is 2. The van der Waals surface area contributed by atoms with Crippen LogP contribution in [0.1, 0.15) is 18.4 Å². The zero-order valence-corrected chi connectivity index (χ0v) is 14.3. The minimum absolute atomic E-state index is 0.332. The van der Waals surface area contributed by atoms with Gasteiger partial charge in [-0.1, -0.05) is 24.3 Å². The van der Waals surface area contributed by atoms with Gasteiger partial charge in [0.25, 0.3) is 0 Å². The Labute approximate surface area is 147 Å². The van der Waals surface area contributed by atoms with E-state index in [1.807, 2.05) is 24.3 Å². The van der Waals surface area contributed by atoms with Gasteiger partial charge in [-0.2, -0.15) is 5.26 Å². The summed E-state index contributed by atoms with van der Waals surface area (Å²) < 4.78 is 0.754. The molecule has 0 aliphatic heterocycles. The van der Waals surface area contributed by atoms with Gasteiger partial charge in [0.05, 0.1) is 16.9 Å². The van der Waals surface area contributed by atoms with Gasteiger partial charge in [-0.05, 0) is 53.0 Å². The van der Waals surface area contributed by atoms with Crippen molar-refractivity contribution in [2.45, 2.75) is 12.8 Å². The minimum Gasteiger partial charge on any atom is -0.324 e. The molecule has 0 spiro atoms. The lowest BCUT2D eigenvalue weighted by Gasteiger charge is -2.16. The molecule has 120 valence electrons. The standard InChI is InChI=1S/C18H14BrN3O2/c19-13-6-2-4-8-15(13)22-17(24)18(9-10-18)16(23)21-14-7-3-1-5-12(14)11-20/h1-8H,9-10H2,(H,21,23)(H,22,24). The van der Waals surface area contributed by atoms with Gasteiger partial charge in [-0.15, -0.1) is 0 Å². The Morgan fingerprint density at radius 2 is 1.50 bits per heavy atom. The summed E-state index contributed by atoms with van der Waals surface area (Å²) in [5.74, 6) is -0.712. The number of benzene rings is 2. The predicted octanol–water partition coefficient (Wildman–Crippen LogP) is 3.68. The summed E-state index contributed by atoms with van der Waals surface area (Å²) in [4.78, 5) is 25.2. The number of rotatable bonds is 4. The highest BCUT2D eigenvalue weighted by molar-refractivity contribution is 9.10. The number of halogens is 1. The molecule has 2 aromatic carbocycles. The van der Waals surface area contributed by atoms with Crippen molar-refractivity contribution in [2.75, 3.05) is 10.6 Å². The molecule has 0 unspecified atom stereocenters. The maximum absolute atomic E-state index is 12.6. The van der Waals surface area contributed by atoms with E-state index < -0.39 is 5.41 Å². The zero-order chi connectivity index (χ0) is 17.2. The van der Waals surface area contributed by atoms with Crippen LogP contribution in [0.5, 0.6) is 0 Å². The predicted molar refractivity (Wildman–Crippen MR) is 94.2 cm³/mol. The molecule has 3 rings (SSSR count). The normalized spacial score (nSPS) is 14.3. The molecule has 0 heterocycles. The van der Waals surface area contributed by atoms with Gasteiger partial charge >= 0.3 is 0 Å². The van der Waals surface area contributed by atoms with Gasteiger partial charge in [-0.3, -0.25) is 9.59 Å². The van der Waals surface area contributed by atoms with Gasteiger partial charge in [-0.25, -0.2) is 0 Å². The first-order valence-corrected chi connectivity index (χ1v) is 8.23. The van der Waals surface area contributed by atoms with Crippen LogP contribution in [0.4, 0.5) is 11.4 Å². The number of hydrogen-bond acceptors (Lipinski definition) is 3. The first-order chi connectivity index (χ1) is 11.6. The Bertz CT molecular complexity index is 853. The van der Waals surface area contributed by atoms with Crippen LogP contribution < -0.4 is 10.6 Å². The monoisotopic (exact) mass is 383 g/mol. The highest BCUT2D eigenvalue weighted by Gasteiger charge is 2.56. The molecule has 2 N–H and O–H groups in total. The number of nitriles is 1. The Kier molecular flexibility index (Phi) is 4.36. The molecule has 0 bridgehead atoms. The van der Waals surface area contributed by atoms with Crippen molar-refractivity contribution < 1.29 is 9.59 Å². The van der Waals surface area contributed by atoms with E-state index >= 15 is 0 Å². The first-order valence-electron chi connectivity index (χ1n) is 7.43. The third kappa shape index (κ3) is 3.03. The van der Waals surface area contributed by atoms with Gasteiger partial charge in [0.1, 0.15) is 11.5 Å². The van der Waals surface area contributed by atoms with Crippen LogP contribution in [-0.2, 0) is 9.59 Å². The van der Waals surface area contributed by atoms with E-state index in [4.69, 9.17) is 5.26 Å². The molecule has 1 saturated carbocycles. The van der Waals surface area contributed by atoms with Crippen LogP contribution in [-0.4, -0.2) is 11.8 Å². The summed E-state index contributed by atoms with van der Waals surface area (Å²) in [6, 6.07) is 16.0. The second-order valence-corrected chi connectivity index (χ2v) is 6.48. The number of nitrogens with one attached hydrogen (secondary N) is 2. The topological polar surface area (TPSA) is 82.0 Å². The van der Waals surface area contributed by atoms with Gasteiger partial charge < -0.3 is 10.6 Å². The van der Waals surface area contributed by atoms with Crippen molar-refractivity contribution in [3.8, 4) is 6.07 Å². The molecule has 0 radical (unpaired) electrons. The lowest BCUT2D eigenvalue weighted by molar-refractivity contribution is -0.131. The van der Waals surface area contributed by atoms with Crippen LogP contribution in [0.2, 0.25) is 0 Å². The molecular formula is C18H14BrN3O2. The maximum Gasteiger partial charge on any atom is 0.240 e. The van der Waals surface area contributed by atoms with E-state index in [0.717, 1.165) is 4.47 Å². The van der Waals surface area contributed by atoms with E-state index in [-0.39, 0.29) is 11.8 Å². The van der Waals surface area contributed by atoms with Crippen LogP contribution in [0.15, 0.2) is 53.0 Å². The summed E-state index contributed by atoms with van der Waals surface area (Å²) in [7, 11) is 0. The lowest BCUT2D eigenvalue weighted by atomic mass is 10.0. The van der Waals surface area contributed by atoms with Crippen molar-refractivity contribution in [3.05, 3.63) is 58.6 Å². The number of carbonyl (C=O) groups excluding carboxylic acids is 2. The van der Waals surface area contributed by atoms with Crippen LogP contribution >= 0.6 is 15.9 Å². The van der Waals surface area contributed by atoms with Crippen LogP contribution in [0.25, 0.3) is 0 Å². The highest BCUT2D eigenvalue weighted by Crippen LogP contribution is 2.47. The Balaban J connectivity index is 1.76. The molecule has 5 nitrogen and oxygen atoms in total. The largest absolute Gasteiger partial charge is 0.324 e. The molecule has 0 atom stereocenters. The fourth-order valence-electron chi connectivity index (χ4n) is 2.42. The summed E-state index contributed by atoms with van der Waals surface area (Å²) in [6.07, 6.45) is 0.980. The van der Waals surface area contributed by atoms with Crippen molar-refractivity contribution >= 4 is 39.1 Å². The molecule has 1 aliphatic carbocycles. The summed E-state index contributed by atoms with van der Waals surface area (Å²) in [5, 5.41) is 14.6. The number of nitrogens with zero attached hydrogens (tertiary/aromatic N) is 1. The minimum atomic E-state index is -1.07. The molecule has 2 amide bonds. The SMILES string of the molecule is N#Cc1ccccc1NC(=O)C1(C(=O)Nc2ccccc2Br)CC1. The molecule has 6 heteroatoms. The van der Waals surface area contributed by atoms with Crippen LogP contribution in [0, 0.1) is 16.7 Å². The average molecular weight is 384 g/mol. The van der Waals surface area contributed by atoms with Crippen molar-refractivity contribution in [3.63, 3.8) is 0 Å². The summed E-state index contributed by atoms with van der Waals surface area (Å²) in [6.45, 7) is 0. The molecule has 24 heavy (non-hydrogen) atoms. The Morgan fingerprint density at radius 3 is 2.08 bits per heavy atom. The van der Waals surface area contributed by atoms with Gasteiger partial charge in [0.2, 0.25) is 11.8 Å². The smallest absolute Gasteiger partial charge is 0.240 e. The second kappa shape index (κ2) is 6.46. The van der Waals surface area contributed by atoms with E-state index in [9.17, 15) is 9.59 Å².